The van der Waals surface area contributed by atoms with Gasteiger partial charge in [0.1, 0.15) is 23.7 Å². The van der Waals surface area contributed by atoms with Crippen molar-refractivity contribution < 1.29 is 29.1 Å². The molecular weight excluding hydrogens is 650 g/mol. The van der Waals surface area contributed by atoms with E-state index in [0.29, 0.717) is 38.8 Å². The van der Waals surface area contributed by atoms with Crippen LogP contribution in [0.1, 0.15) is 76.3 Å². The quantitative estimate of drug-likeness (QED) is 0.0997. The second-order valence-corrected chi connectivity index (χ2v) is 14.1. The number of amides is 4. The van der Waals surface area contributed by atoms with E-state index in [2.05, 4.69) is 28.2 Å². The summed E-state index contributed by atoms with van der Waals surface area (Å²) in [5, 5.41) is 21.3. The predicted octanol–water partition coefficient (Wildman–Crippen LogP) is 1.66. The highest BCUT2D eigenvalue weighted by molar-refractivity contribution is 5.94. The second-order valence-electron chi connectivity index (χ2n) is 14.1. The number of carbonyl (C=O) groups is 5. The van der Waals surface area contributed by atoms with Crippen molar-refractivity contribution in [2.45, 2.75) is 95.3 Å². The third kappa shape index (κ3) is 13.4. The van der Waals surface area contributed by atoms with E-state index in [4.69, 9.17) is 11.5 Å². The molecule has 13 nitrogen and oxygen atoms in total. The Morgan fingerprint density at radius 2 is 1.41 bits per heavy atom. The van der Waals surface area contributed by atoms with Gasteiger partial charge in [0.15, 0.2) is 0 Å². The third-order valence-corrected chi connectivity index (χ3v) is 9.33. The molecule has 0 bridgehead atoms. The van der Waals surface area contributed by atoms with Crippen molar-refractivity contribution in [3.05, 3.63) is 71.8 Å². The van der Waals surface area contributed by atoms with Crippen LogP contribution in [0, 0.1) is 5.92 Å². The molecule has 51 heavy (non-hydrogen) atoms. The standard InChI is InChI=1S/C38H57N7O6/c1-26(2)22-31(34(47)43-30(16-10-11-19-39)36(49)45-20-17-38(40,18-21-45)37(50)51)44-35(48)32(23-28-12-6-4-7-13-28)42-33(46)25-41-24-27(3)29-14-8-5-9-15-29/h4-9,12-15,26-27,30-32,41H,10-11,16-25,39-40H2,1-3H3,(H,42,46)(H,43,47)(H,44,48)(H,50,51)/t27-,30?,31+,32?/m0/s1. The van der Waals surface area contributed by atoms with Crippen LogP contribution in [0.25, 0.3) is 0 Å². The Bertz CT molecular complexity index is 1420. The first-order valence-electron chi connectivity index (χ1n) is 18.0. The highest BCUT2D eigenvalue weighted by atomic mass is 16.4. The van der Waals surface area contributed by atoms with Crippen molar-refractivity contribution in [2.24, 2.45) is 17.4 Å². The molecule has 1 heterocycles. The fraction of sp³-hybridized carbons (Fsp3) is 0.553. The predicted molar refractivity (Wildman–Crippen MR) is 196 cm³/mol. The van der Waals surface area contributed by atoms with Gasteiger partial charge in [-0.05, 0) is 68.0 Å². The second kappa shape index (κ2) is 20.5. The molecule has 4 amide bonds. The van der Waals surface area contributed by atoms with E-state index >= 15 is 0 Å². The lowest BCUT2D eigenvalue weighted by molar-refractivity contribution is -0.148. The number of unbranched alkanes of at least 4 members (excludes halogenated alkanes) is 1. The smallest absolute Gasteiger partial charge is 0.323 e. The van der Waals surface area contributed by atoms with E-state index in [1.807, 2.05) is 74.5 Å². The molecule has 0 aromatic heterocycles. The maximum absolute atomic E-state index is 13.9. The molecule has 0 radical (unpaired) electrons. The molecule has 4 atom stereocenters. The van der Waals surface area contributed by atoms with Crippen LogP contribution in [0.3, 0.4) is 0 Å². The molecule has 9 N–H and O–H groups in total. The molecule has 0 aliphatic carbocycles. The van der Waals surface area contributed by atoms with Crippen LogP contribution in [0.2, 0.25) is 0 Å². The Balaban J connectivity index is 1.71. The van der Waals surface area contributed by atoms with Gasteiger partial charge in [-0.3, -0.25) is 24.0 Å². The van der Waals surface area contributed by atoms with Crippen molar-refractivity contribution in [3.8, 4) is 0 Å². The van der Waals surface area contributed by atoms with E-state index < -0.39 is 41.4 Å². The first-order chi connectivity index (χ1) is 24.3. The summed E-state index contributed by atoms with van der Waals surface area (Å²) >= 11 is 0. The van der Waals surface area contributed by atoms with Crippen LogP contribution in [0.4, 0.5) is 0 Å². The summed E-state index contributed by atoms with van der Waals surface area (Å²) in [5.74, 6) is -2.62. The van der Waals surface area contributed by atoms with Crippen molar-refractivity contribution in [2.75, 3.05) is 32.7 Å². The number of carboxylic acid groups (broad SMARTS) is 1. The minimum Gasteiger partial charge on any atom is -0.480 e. The molecule has 2 unspecified atom stereocenters. The van der Waals surface area contributed by atoms with E-state index in [1.165, 1.54) is 4.90 Å². The monoisotopic (exact) mass is 707 g/mol. The minimum absolute atomic E-state index is 0.00643. The zero-order valence-electron chi connectivity index (χ0n) is 30.2. The van der Waals surface area contributed by atoms with Gasteiger partial charge in [0.05, 0.1) is 6.54 Å². The lowest BCUT2D eigenvalue weighted by Crippen LogP contribution is -2.60. The molecule has 2 aromatic rings. The van der Waals surface area contributed by atoms with Crippen LogP contribution in [0.5, 0.6) is 0 Å². The van der Waals surface area contributed by atoms with Gasteiger partial charge in [0, 0.05) is 26.1 Å². The van der Waals surface area contributed by atoms with E-state index in [1.54, 1.807) is 0 Å². The molecular formula is C38H57N7O6. The zero-order chi connectivity index (χ0) is 37.4. The summed E-state index contributed by atoms with van der Waals surface area (Å²) in [6, 6.07) is 16.5. The molecule has 1 saturated heterocycles. The van der Waals surface area contributed by atoms with Crippen molar-refractivity contribution in [3.63, 3.8) is 0 Å². The van der Waals surface area contributed by atoms with Gasteiger partial charge < -0.3 is 42.7 Å². The summed E-state index contributed by atoms with van der Waals surface area (Å²) < 4.78 is 0. The number of hydrogen-bond donors (Lipinski definition) is 7. The van der Waals surface area contributed by atoms with Crippen molar-refractivity contribution in [1.29, 1.82) is 0 Å². The number of piperidine rings is 1. The van der Waals surface area contributed by atoms with Crippen LogP contribution in [-0.4, -0.2) is 96.0 Å². The molecule has 0 spiro atoms. The number of nitrogens with zero attached hydrogens (tertiary/aromatic N) is 1. The largest absolute Gasteiger partial charge is 0.480 e. The summed E-state index contributed by atoms with van der Waals surface area (Å²) in [5.41, 5.74) is 12.3. The van der Waals surface area contributed by atoms with Gasteiger partial charge >= 0.3 is 5.97 Å². The molecule has 3 rings (SSSR count). The molecule has 2 aromatic carbocycles. The molecule has 0 saturated carbocycles. The van der Waals surface area contributed by atoms with Crippen LogP contribution in [-0.2, 0) is 30.4 Å². The fourth-order valence-corrected chi connectivity index (χ4v) is 6.16. The van der Waals surface area contributed by atoms with Gasteiger partial charge in [0.25, 0.3) is 0 Å². The average Bonchev–Trinajstić information content (AvgIpc) is 3.11. The topological polar surface area (TPSA) is 209 Å². The normalized spacial score (nSPS) is 16.4. The fourth-order valence-electron chi connectivity index (χ4n) is 6.16. The average molecular weight is 708 g/mol. The Morgan fingerprint density at radius 1 is 0.824 bits per heavy atom. The highest BCUT2D eigenvalue weighted by Crippen LogP contribution is 2.21. The Morgan fingerprint density at radius 3 is 2.00 bits per heavy atom. The number of carbonyl (C=O) groups excluding carboxylic acids is 4. The van der Waals surface area contributed by atoms with E-state index in [-0.39, 0.29) is 62.5 Å². The number of benzene rings is 2. The summed E-state index contributed by atoms with van der Waals surface area (Å²) in [6.45, 7) is 7.22. The Kier molecular flexibility index (Phi) is 16.5. The molecule has 1 aliphatic heterocycles. The summed E-state index contributed by atoms with van der Waals surface area (Å²) in [4.78, 5) is 67.7. The lowest BCUT2D eigenvalue weighted by atomic mass is 9.88. The number of nitrogens with two attached hydrogens (primary N) is 2. The summed E-state index contributed by atoms with van der Waals surface area (Å²) in [7, 11) is 0. The van der Waals surface area contributed by atoms with Gasteiger partial charge in [-0.2, -0.15) is 0 Å². The van der Waals surface area contributed by atoms with E-state index in [0.717, 1.165) is 11.1 Å². The first kappa shape index (κ1) is 41.1. The first-order valence-corrected chi connectivity index (χ1v) is 18.0. The highest BCUT2D eigenvalue weighted by Gasteiger charge is 2.40. The SMILES string of the molecule is CC(C)C[C@@H](NC(=O)C(Cc1ccccc1)NC(=O)CNC[C@H](C)c1ccccc1)C(=O)NC(CCCCN)C(=O)N1CCC(N)(C(=O)O)CC1. The van der Waals surface area contributed by atoms with Crippen LogP contribution >= 0.6 is 0 Å². The number of aliphatic carboxylic acids is 1. The Labute approximate surface area is 301 Å². The van der Waals surface area contributed by atoms with Crippen LogP contribution < -0.4 is 32.7 Å². The van der Waals surface area contributed by atoms with Gasteiger partial charge in [-0.15, -0.1) is 0 Å². The Hall–Kier alpha value is -4.33. The number of carboxylic acids is 1. The molecule has 280 valence electrons. The van der Waals surface area contributed by atoms with Crippen molar-refractivity contribution in [1.82, 2.24) is 26.2 Å². The minimum atomic E-state index is -1.40. The number of hydrogen-bond acceptors (Lipinski definition) is 8. The third-order valence-electron chi connectivity index (χ3n) is 9.33. The van der Waals surface area contributed by atoms with Gasteiger partial charge in [0.2, 0.25) is 23.6 Å². The molecule has 13 heteroatoms. The lowest BCUT2D eigenvalue weighted by Gasteiger charge is -2.38. The summed E-state index contributed by atoms with van der Waals surface area (Å²) in [6.07, 6.45) is 2.27. The van der Waals surface area contributed by atoms with Crippen LogP contribution in [0.15, 0.2) is 60.7 Å². The number of rotatable bonds is 20. The maximum Gasteiger partial charge on any atom is 0.323 e. The zero-order valence-corrected chi connectivity index (χ0v) is 30.2. The molecule has 1 fully saturated rings. The maximum atomic E-state index is 13.9. The molecule has 1 aliphatic rings. The van der Waals surface area contributed by atoms with Gasteiger partial charge in [-0.1, -0.05) is 81.4 Å². The van der Waals surface area contributed by atoms with Crippen molar-refractivity contribution >= 4 is 29.6 Å². The van der Waals surface area contributed by atoms with E-state index in [9.17, 15) is 29.1 Å². The number of nitrogens with one attached hydrogen (secondary N) is 4. The van der Waals surface area contributed by atoms with Gasteiger partial charge in [-0.25, -0.2) is 0 Å². The number of likely N-dealkylation sites (tertiary alicyclic amines) is 1.